The molecule has 3 aromatic carbocycles. The van der Waals surface area contributed by atoms with Crippen molar-refractivity contribution in [3.8, 4) is 28.3 Å². The molecule has 8 heterocycles. The average molecular weight is 918 g/mol. The van der Waals surface area contributed by atoms with Gasteiger partial charge < -0.3 is 14.2 Å². The number of rotatable bonds is 8. The van der Waals surface area contributed by atoms with Gasteiger partial charge in [0.15, 0.2) is 11.6 Å². The van der Waals surface area contributed by atoms with Crippen LogP contribution in [0.3, 0.4) is 0 Å². The Morgan fingerprint density at radius 3 is 2.41 bits per heavy atom. The Bertz CT molecular complexity index is 3650. The third-order valence-corrected chi connectivity index (χ3v) is 14.4. The molecule has 0 spiro atoms. The lowest BCUT2D eigenvalue weighted by molar-refractivity contribution is 0.0663. The lowest BCUT2D eigenvalue weighted by atomic mass is 9.98. The summed E-state index contributed by atoms with van der Waals surface area (Å²) in [5.74, 6) is -1.14. The predicted octanol–water partition coefficient (Wildman–Crippen LogP) is 7.56. The molecule has 0 bridgehead atoms. The molecule has 1 amide bonds. The van der Waals surface area contributed by atoms with Crippen LogP contribution in [0.1, 0.15) is 83.2 Å². The smallest absolute Gasteiger partial charge is 0.379 e. The topological polar surface area (TPSA) is 169 Å². The molecule has 18 heteroatoms. The van der Waals surface area contributed by atoms with Crippen molar-refractivity contribution in [1.82, 2.24) is 53.3 Å². The molecular weight excluding hydrogens is 873 g/mol. The van der Waals surface area contributed by atoms with Gasteiger partial charge in [-0.25, -0.2) is 23.1 Å². The number of benzene rings is 3. The second-order valence-corrected chi connectivity index (χ2v) is 18.5. The third kappa shape index (κ3) is 6.15. The van der Waals surface area contributed by atoms with Crippen molar-refractivity contribution >= 4 is 27.7 Å². The molecule has 0 radical (unpaired) electrons. The first-order valence-electron chi connectivity index (χ1n) is 22.7. The molecule has 4 atom stereocenters. The average Bonchev–Trinajstić information content (AvgIpc) is 4.10. The molecule has 1 N–H and O–H groups in total. The van der Waals surface area contributed by atoms with Gasteiger partial charge in [-0.1, -0.05) is 18.1 Å². The summed E-state index contributed by atoms with van der Waals surface area (Å²) in [4.78, 5) is 51.5. The number of amides is 1. The van der Waals surface area contributed by atoms with Crippen LogP contribution in [0.5, 0.6) is 0 Å². The van der Waals surface area contributed by atoms with Gasteiger partial charge >= 0.3 is 11.4 Å². The SMILES string of the molecule is Cc1cc(-n2nc3c(c2-n2ccn(-c4ccc5c(cnn5[C@H]5CCOC5)c4)c2=O)[C@H](C)N(C(=O)c2cc4cc(-c5ccnc(C)c5F)ccc4n2[C@@]2(c4noc(=O)[nH]4)C[C@@H]2C)CC3)cc(C)c1F. The number of hydrogen-bond acceptors (Lipinski definition) is 9. The first-order valence-corrected chi connectivity index (χ1v) is 22.7. The minimum Gasteiger partial charge on any atom is -0.379 e. The summed E-state index contributed by atoms with van der Waals surface area (Å²) < 4.78 is 50.0. The van der Waals surface area contributed by atoms with Gasteiger partial charge in [0.2, 0.25) is 0 Å². The van der Waals surface area contributed by atoms with E-state index in [0.29, 0.717) is 99.2 Å². The molecule has 16 nitrogen and oxygen atoms in total. The highest BCUT2D eigenvalue weighted by Gasteiger charge is 2.59. The van der Waals surface area contributed by atoms with E-state index in [1.54, 1.807) is 84.0 Å². The van der Waals surface area contributed by atoms with Crippen LogP contribution in [0.15, 0.2) is 99.6 Å². The molecule has 1 saturated carbocycles. The highest BCUT2D eigenvalue weighted by molar-refractivity contribution is 6.00. The number of aromatic nitrogens is 10. The molecule has 3 aliphatic rings. The van der Waals surface area contributed by atoms with E-state index in [1.807, 2.05) is 59.5 Å². The molecule has 9 aromatic rings. The maximum Gasteiger partial charge on any atom is 0.438 e. The van der Waals surface area contributed by atoms with Crippen molar-refractivity contribution in [3.63, 3.8) is 0 Å². The van der Waals surface area contributed by atoms with Gasteiger partial charge in [0.05, 0.1) is 53.2 Å². The molecule has 68 heavy (non-hydrogen) atoms. The zero-order valence-electron chi connectivity index (χ0n) is 37.8. The Balaban J connectivity index is 0.993. The van der Waals surface area contributed by atoms with Gasteiger partial charge in [-0.2, -0.15) is 10.2 Å². The van der Waals surface area contributed by atoms with E-state index in [-0.39, 0.29) is 41.6 Å². The van der Waals surface area contributed by atoms with Crippen LogP contribution in [0, 0.1) is 38.3 Å². The molecular formula is C50H45F2N11O5. The molecule has 2 fully saturated rings. The van der Waals surface area contributed by atoms with Crippen LogP contribution in [0.25, 0.3) is 50.1 Å². The molecule has 1 aliphatic carbocycles. The molecule has 0 unspecified atom stereocenters. The van der Waals surface area contributed by atoms with Crippen LogP contribution in [-0.2, 0) is 16.7 Å². The first kappa shape index (κ1) is 41.7. The fourth-order valence-corrected chi connectivity index (χ4v) is 10.8. The van der Waals surface area contributed by atoms with Crippen molar-refractivity contribution in [2.75, 3.05) is 19.8 Å². The van der Waals surface area contributed by atoms with Crippen molar-refractivity contribution in [3.05, 3.63) is 158 Å². The number of fused-ring (bicyclic) bond motifs is 3. The number of H-pyrrole nitrogens is 1. The highest BCUT2D eigenvalue weighted by atomic mass is 19.1. The number of carbonyl (C=O) groups excluding carboxylic acids is 1. The number of halogens is 2. The van der Waals surface area contributed by atoms with Crippen molar-refractivity contribution in [2.45, 2.75) is 71.5 Å². The summed E-state index contributed by atoms with van der Waals surface area (Å²) in [7, 11) is 0. The maximum absolute atomic E-state index is 15.5. The van der Waals surface area contributed by atoms with E-state index in [9.17, 15) is 9.59 Å². The van der Waals surface area contributed by atoms with Gasteiger partial charge in [-0.05, 0) is 118 Å². The quantitative estimate of drug-likeness (QED) is 0.162. The number of carbonyl (C=O) groups is 1. The first-order chi connectivity index (χ1) is 32.8. The number of hydrogen-bond donors (Lipinski definition) is 1. The second-order valence-electron chi connectivity index (χ2n) is 18.5. The number of aryl methyl sites for hydroxylation is 3. The van der Waals surface area contributed by atoms with Crippen LogP contribution in [0.2, 0.25) is 0 Å². The lowest BCUT2D eigenvalue weighted by Gasteiger charge is -2.34. The van der Waals surface area contributed by atoms with Gasteiger partial charge in [0, 0.05) is 65.6 Å². The van der Waals surface area contributed by atoms with Gasteiger partial charge in [0.1, 0.15) is 22.9 Å². The van der Waals surface area contributed by atoms with E-state index < -0.39 is 23.2 Å². The van der Waals surface area contributed by atoms with Gasteiger partial charge in [-0.3, -0.25) is 33.1 Å². The summed E-state index contributed by atoms with van der Waals surface area (Å²) in [5.41, 5.74) is 5.27. The highest BCUT2D eigenvalue weighted by Crippen LogP contribution is 2.56. The summed E-state index contributed by atoms with van der Waals surface area (Å²) in [6.45, 7) is 10.5. The molecule has 2 aliphatic heterocycles. The fraction of sp³-hybridized carbons (Fsp3) is 0.300. The fourth-order valence-electron chi connectivity index (χ4n) is 10.8. The normalized spacial score (nSPS) is 20.2. The summed E-state index contributed by atoms with van der Waals surface area (Å²) >= 11 is 0. The van der Waals surface area contributed by atoms with Crippen molar-refractivity contribution < 1.29 is 22.8 Å². The monoisotopic (exact) mass is 917 g/mol. The minimum absolute atomic E-state index is 0.0575. The Labute approximate surface area is 386 Å². The number of pyridine rings is 1. The number of nitrogens with zero attached hydrogens (tertiary/aromatic N) is 10. The van der Waals surface area contributed by atoms with Crippen LogP contribution < -0.4 is 11.4 Å². The Hall–Kier alpha value is -7.73. The summed E-state index contributed by atoms with van der Waals surface area (Å²) in [6, 6.07) is 17.7. The zero-order chi connectivity index (χ0) is 46.9. The molecule has 6 aromatic heterocycles. The lowest BCUT2D eigenvalue weighted by Crippen LogP contribution is -2.41. The van der Waals surface area contributed by atoms with Crippen LogP contribution in [0.4, 0.5) is 8.78 Å². The van der Waals surface area contributed by atoms with E-state index in [2.05, 4.69) is 20.2 Å². The van der Waals surface area contributed by atoms with E-state index in [0.717, 1.165) is 17.3 Å². The molecule has 344 valence electrons. The number of imidazole rings is 1. The number of ether oxygens (including phenoxy) is 1. The summed E-state index contributed by atoms with van der Waals surface area (Å²) in [5, 5.41) is 15.5. The predicted molar refractivity (Wildman–Crippen MR) is 247 cm³/mol. The van der Waals surface area contributed by atoms with Crippen molar-refractivity contribution in [2.24, 2.45) is 5.92 Å². The number of aromatic amines is 1. The van der Waals surface area contributed by atoms with Crippen LogP contribution >= 0.6 is 0 Å². The maximum atomic E-state index is 15.5. The molecule has 1 saturated heterocycles. The molecule has 12 rings (SSSR count). The van der Waals surface area contributed by atoms with Gasteiger partial charge in [-0.15, -0.1) is 0 Å². The van der Waals surface area contributed by atoms with E-state index in [1.165, 1.54) is 4.57 Å². The number of nitrogens with one attached hydrogen (secondary N) is 1. The summed E-state index contributed by atoms with van der Waals surface area (Å²) in [6.07, 6.45) is 8.53. The Morgan fingerprint density at radius 2 is 1.68 bits per heavy atom. The van der Waals surface area contributed by atoms with E-state index >= 15 is 13.6 Å². The second kappa shape index (κ2) is 15.1. The standard InChI is InChI=1S/C50H45F2N11O5/c1-26-18-36(19-27(2)43(26)51)63-45(60-16-15-59(49(60)66)34-7-9-40-33(21-34)24-54-62(40)35-12-17-67-25-35)42-30(5)58(14-11-38(42)56-63)46(64)41-22-32-20-31(37-10-13-53-29(4)44(37)52)6-8-39(32)61(41)50(23-28(50)3)47-55-48(65)68-57-47/h6-10,13,15-16,18-22,24,28,30,35H,11-12,14,17,23,25H2,1-5H3,(H,55,57,65)/t28-,30-,35-,50-/m0/s1. The Kier molecular flexibility index (Phi) is 9.28. The zero-order valence-corrected chi connectivity index (χ0v) is 37.8. The minimum atomic E-state index is -0.930. The van der Waals surface area contributed by atoms with Gasteiger partial charge in [0.25, 0.3) is 5.91 Å². The Morgan fingerprint density at radius 1 is 0.897 bits per heavy atom. The largest absolute Gasteiger partial charge is 0.438 e. The van der Waals surface area contributed by atoms with E-state index in [4.69, 9.17) is 14.4 Å². The van der Waals surface area contributed by atoms with Crippen molar-refractivity contribution in [1.29, 1.82) is 0 Å². The van der Waals surface area contributed by atoms with Crippen LogP contribution in [-0.4, -0.2) is 79.0 Å². The third-order valence-electron chi connectivity index (χ3n) is 14.4.